The molecule has 0 saturated carbocycles. The quantitative estimate of drug-likeness (QED) is 0.840. The number of hydrogen-bond donors (Lipinski definition) is 2. The van der Waals surface area contributed by atoms with Gasteiger partial charge in [0.05, 0.1) is 5.69 Å². The van der Waals surface area contributed by atoms with Gasteiger partial charge in [0, 0.05) is 13.6 Å². The zero-order valence-electron chi connectivity index (χ0n) is 12.0. The van der Waals surface area contributed by atoms with Crippen LogP contribution in [-0.2, 0) is 11.8 Å². The van der Waals surface area contributed by atoms with Crippen molar-refractivity contribution in [2.75, 3.05) is 11.4 Å². The highest BCUT2D eigenvalue weighted by Gasteiger charge is 2.36. The van der Waals surface area contributed by atoms with E-state index in [-0.39, 0.29) is 0 Å². The largest absolute Gasteiger partial charge is 0.480 e. The van der Waals surface area contributed by atoms with Crippen molar-refractivity contribution in [2.45, 2.75) is 32.7 Å². The molecule has 7 nitrogen and oxygen atoms in total. The first-order chi connectivity index (χ1) is 9.32. The van der Waals surface area contributed by atoms with Gasteiger partial charge >= 0.3 is 5.97 Å². The van der Waals surface area contributed by atoms with Crippen molar-refractivity contribution >= 4 is 17.7 Å². The van der Waals surface area contributed by atoms with E-state index in [1.54, 1.807) is 23.6 Å². The summed E-state index contributed by atoms with van der Waals surface area (Å²) in [5.41, 5.74) is 6.26. The Morgan fingerprint density at radius 3 is 2.65 bits per heavy atom. The van der Waals surface area contributed by atoms with Crippen molar-refractivity contribution in [3.63, 3.8) is 0 Å². The van der Waals surface area contributed by atoms with Gasteiger partial charge in [-0.3, -0.25) is 9.48 Å². The van der Waals surface area contributed by atoms with Gasteiger partial charge in [0.2, 0.25) is 0 Å². The molecule has 1 aromatic rings. The van der Waals surface area contributed by atoms with Gasteiger partial charge in [-0.05, 0) is 25.7 Å². The van der Waals surface area contributed by atoms with Gasteiger partial charge in [-0.15, -0.1) is 0 Å². The Morgan fingerprint density at radius 1 is 1.45 bits per heavy atom. The molecular formula is C13H20N4O3. The summed E-state index contributed by atoms with van der Waals surface area (Å²) in [5, 5.41) is 13.6. The van der Waals surface area contributed by atoms with Crippen LogP contribution in [0.5, 0.6) is 0 Å². The van der Waals surface area contributed by atoms with Crippen LogP contribution in [0.25, 0.3) is 0 Å². The number of aromatic nitrogens is 2. The molecule has 110 valence electrons. The van der Waals surface area contributed by atoms with Crippen molar-refractivity contribution < 1.29 is 14.7 Å². The van der Waals surface area contributed by atoms with Crippen LogP contribution in [0, 0.1) is 12.8 Å². The lowest BCUT2D eigenvalue weighted by molar-refractivity contribution is -0.139. The molecule has 2 rings (SSSR count). The summed E-state index contributed by atoms with van der Waals surface area (Å²) < 4.78 is 1.54. The molecule has 7 heteroatoms. The number of nitrogens with two attached hydrogens (primary N) is 1. The number of carboxylic acid groups (broad SMARTS) is 1. The van der Waals surface area contributed by atoms with E-state index in [4.69, 9.17) is 5.73 Å². The second kappa shape index (κ2) is 5.15. The van der Waals surface area contributed by atoms with Crippen LogP contribution in [-0.4, -0.2) is 39.4 Å². The van der Waals surface area contributed by atoms with Gasteiger partial charge in [0.25, 0.3) is 5.91 Å². The fraction of sp³-hybridized carbons (Fsp3) is 0.615. The van der Waals surface area contributed by atoms with Crippen LogP contribution in [0.4, 0.5) is 5.82 Å². The molecular weight excluding hydrogens is 260 g/mol. The number of rotatable bonds is 3. The van der Waals surface area contributed by atoms with Gasteiger partial charge in [0.15, 0.2) is 0 Å². The van der Waals surface area contributed by atoms with Gasteiger partial charge in [-0.1, -0.05) is 6.92 Å². The lowest BCUT2D eigenvalue weighted by Crippen LogP contribution is -2.48. The van der Waals surface area contributed by atoms with E-state index in [0.29, 0.717) is 36.0 Å². The number of anilines is 1. The molecule has 1 amide bonds. The molecule has 1 saturated heterocycles. The number of carbonyl (C=O) groups excluding carboxylic acids is 1. The molecule has 0 spiro atoms. The molecule has 1 fully saturated rings. The van der Waals surface area contributed by atoms with Crippen LogP contribution >= 0.6 is 0 Å². The molecule has 1 aromatic heterocycles. The fourth-order valence-corrected chi connectivity index (χ4v) is 2.89. The Labute approximate surface area is 117 Å². The van der Waals surface area contributed by atoms with Crippen molar-refractivity contribution in [1.82, 2.24) is 9.78 Å². The first-order valence-corrected chi connectivity index (χ1v) is 6.65. The first kappa shape index (κ1) is 14.4. The molecule has 2 atom stereocenters. The minimum atomic E-state index is -0.883. The van der Waals surface area contributed by atoms with Crippen molar-refractivity contribution in [3.05, 3.63) is 11.3 Å². The second-order valence-corrected chi connectivity index (χ2v) is 5.45. The van der Waals surface area contributed by atoms with Crippen LogP contribution in [0.3, 0.4) is 0 Å². The lowest BCUT2D eigenvalue weighted by atomic mass is 9.92. The molecule has 0 aliphatic carbocycles. The number of primary amides is 1. The van der Waals surface area contributed by atoms with E-state index in [1.807, 2.05) is 6.92 Å². The number of piperidine rings is 1. The maximum absolute atomic E-state index is 11.6. The number of hydrogen-bond acceptors (Lipinski definition) is 4. The summed E-state index contributed by atoms with van der Waals surface area (Å²) in [7, 11) is 1.70. The first-order valence-electron chi connectivity index (χ1n) is 6.65. The lowest BCUT2D eigenvalue weighted by Gasteiger charge is -2.37. The molecule has 0 aromatic carbocycles. The molecule has 3 N–H and O–H groups in total. The Balaban J connectivity index is 2.49. The predicted molar refractivity (Wildman–Crippen MR) is 73.6 cm³/mol. The zero-order valence-corrected chi connectivity index (χ0v) is 12.0. The Hall–Kier alpha value is -2.05. The Morgan fingerprint density at radius 2 is 2.10 bits per heavy atom. The number of aryl methyl sites for hydroxylation is 2. The fourth-order valence-electron chi connectivity index (χ4n) is 2.89. The second-order valence-electron chi connectivity index (χ2n) is 5.45. The number of nitrogens with zero attached hydrogens (tertiary/aromatic N) is 3. The molecule has 0 bridgehead atoms. The highest BCUT2D eigenvalue weighted by Crippen LogP contribution is 2.31. The molecule has 1 aliphatic heterocycles. The summed E-state index contributed by atoms with van der Waals surface area (Å²) in [6.07, 6.45) is 1.43. The summed E-state index contributed by atoms with van der Waals surface area (Å²) >= 11 is 0. The molecule has 2 unspecified atom stereocenters. The topological polar surface area (TPSA) is 101 Å². The van der Waals surface area contributed by atoms with E-state index >= 15 is 0 Å². The summed E-state index contributed by atoms with van der Waals surface area (Å²) in [6.45, 7) is 4.32. The van der Waals surface area contributed by atoms with Crippen LogP contribution < -0.4 is 10.6 Å². The summed E-state index contributed by atoms with van der Waals surface area (Å²) in [5.74, 6) is -0.604. The van der Waals surface area contributed by atoms with E-state index in [1.165, 1.54) is 0 Å². The number of amides is 1. The average Bonchev–Trinajstić information content (AvgIpc) is 2.64. The average molecular weight is 280 g/mol. The highest BCUT2D eigenvalue weighted by atomic mass is 16.4. The van der Waals surface area contributed by atoms with Crippen molar-refractivity contribution in [2.24, 2.45) is 18.7 Å². The maximum Gasteiger partial charge on any atom is 0.326 e. The van der Waals surface area contributed by atoms with E-state index < -0.39 is 17.9 Å². The smallest absolute Gasteiger partial charge is 0.326 e. The van der Waals surface area contributed by atoms with Crippen molar-refractivity contribution in [1.29, 1.82) is 0 Å². The number of carbonyl (C=O) groups is 2. The van der Waals surface area contributed by atoms with Gasteiger partial charge < -0.3 is 15.7 Å². The third kappa shape index (κ3) is 2.35. The molecule has 1 aliphatic rings. The third-order valence-corrected chi connectivity index (χ3v) is 3.86. The zero-order chi connectivity index (χ0) is 15.0. The van der Waals surface area contributed by atoms with Crippen LogP contribution in [0.2, 0.25) is 0 Å². The maximum atomic E-state index is 11.6. The van der Waals surface area contributed by atoms with Gasteiger partial charge in [-0.2, -0.15) is 5.10 Å². The monoisotopic (exact) mass is 280 g/mol. The SMILES string of the molecule is Cc1nn(C)c(N2CCC(C)CC2C(=O)O)c1C(N)=O. The molecule has 2 heterocycles. The minimum absolute atomic E-state index is 0.313. The predicted octanol–water partition coefficient (Wildman–Crippen LogP) is 0.517. The van der Waals surface area contributed by atoms with Crippen LogP contribution in [0.1, 0.15) is 35.8 Å². The van der Waals surface area contributed by atoms with E-state index in [0.717, 1.165) is 6.42 Å². The summed E-state index contributed by atoms with van der Waals surface area (Å²) in [6, 6.07) is -0.647. The van der Waals surface area contributed by atoms with E-state index in [9.17, 15) is 14.7 Å². The third-order valence-electron chi connectivity index (χ3n) is 3.86. The van der Waals surface area contributed by atoms with E-state index in [2.05, 4.69) is 5.10 Å². The standard InChI is InChI=1S/C13H20N4O3/c1-7-4-5-17(9(6-7)13(19)20)12-10(11(14)18)8(2)15-16(12)3/h7,9H,4-6H2,1-3H3,(H2,14,18)(H,19,20). The highest BCUT2D eigenvalue weighted by molar-refractivity contribution is 5.99. The van der Waals surface area contributed by atoms with Gasteiger partial charge in [0.1, 0.15) is 17.4 Å². The number of carboxylic acids is 1. The Bertz CT molecular complexity index is 552. The Kier molecular flexibility index (Phi) is 3.69. The normalized spacial score (nSPS) is 22.9. The summed E-state index contributed by atoms with van der Waals surface area (Å²) in [4.78, 5) is 24.9. The van der Waals surface area contributed by atoms with Crippen LogP contribution in [0.15, 0.2) is 0 Å². The minimum Gasteiger partial charge on any atom is -0.480 e. The molecule has 0 radical (unpaired) electrons. The molecule has 20 heavy (non-hydrogen) atoms. The van der Waals surface area contributed by atoms with Crippen molar-refractivity contribution in [3.8, 4) is 0 Å². The van der Waals surface area contributed by atoms with Gasteiger partial charge in [-0.25, -0.2) is 4.79 Å². The number of aliphatic carboxylic acids is 1.